The summed E-state index contributed by atoms with van der Waals surface area (Å²) in [4.78, 5) is 21.5. The summed E-state index contributed by atoms with van der Waals surface area (Å²) in [7, 11) is 0. The Morgan fingerprint density at radius 1 is 1.72 bits per heavy atom. The van der Waals surface area contributed by atoms with Crippen LogP contribution in [-0.4, -0.2) is 39.7 Å². The molecule has 0 bridgehead atoms. The first-order chi connectivity index (χ1) is 8.65. The van der Waals surface area contributed by atoms with Crippen LogP contribution < -0.4 is 10.6 Å². The third kappa shape index (κ3) is 3.27. The molecule has 0 spiro atoms. The number of aromatic nitrogens is 2. The second-order valence-corrected chi connectivity index (χ2v) is 4.24. The first kappa shape index (κ1) is 12.5. The quantitative estimate of drug-likeness (QED) is 0.564. The van der Waals surface area contributed by atoms with Crippen LogP contribution in [0.25, 0.3) is 0 Å². The maximum absolute atomic E-state index is 11.7. The van der Waals surface area contributed by atoms with Crippen LogP contribution >= 0.6 is 0 Å². The van der Waals surface area contributed by atoms with Crippen molar-refractivity contribution >= 4 is 11.7 Å². The molecule has 1 aliphatic heterocycles. The third-order valence-electron chi connectivity index (χ3n) is 2.78. The molecule has 0 aliphatic carbocycles. The number of piperidine rings is 1. The summed E-state index contributed by atoms with van der Waals surface area (Å²) in [6.07, 6.45) is 3.42. The lowest BCUT2D eigenvalue weighted by Crippen LogP contribution is -2.46. The first-order valence-corrected chi connectivity index (χ1v) is 5.83. The number of rotatable bonds is 4. The molecule has 98 valence electrons. The Kier molecular flexibility index (Phi) is 3.88. The summed E-state index contributed by atoms with van der Waals surface area (Å²) in [5.74, 6) is -0.427. The number of carbonyl (C=O) groups is 1. The van der Waals surface area contributed by atoms with Crippen molar-refractivity contribution in [3.8, 4) is 0 Å². The monoisotopic (exact) mass is 253 g/mol. The van der Waals surface area contributed by atoms with Crippen LogP contribution in [0, 0.1) is 10.1 Å². The van der Waals surface area contributed by atoms with Gasteiger partial charge in [0.15, 0.2) is 0 Å². The summed E-state index contributed by atoms with van der Waals surface area (Å²) in [6, 6.07) is 1.41. The number of hydrogen-bond acceptors (Lipinski definition) is 5. The average Bonchev–Trinajstić information content (AvgIpc) is 2.78. The van der Waals surface area contributed by atoms with Gasteiger partial charge in [0.25, 0.3) is 0 Å². The fourth-order valence-corrected chi connectivity index (χ4v) is 1.93. The number of nitrogens with zero attached hydrogens (tertiary/aromatic N) is 3. The van der Waals surface area contributed by atoms with Crippen molar-refractivity contribution in [1.29, 1.82) is 0 Å². The maximum atomic E-state index is 11.7. The molecule has 1 saturated heterocycles. The van der Waals surface area contributed by atoms with Crippen molar-refractivity contribution in [3.63, 3.8) is 0 Å². The lowest BCUT2D eigenvalue weighted by atomic mass is 10.1. The highest BCUT2D eigenvalue weighted by Crippen LogP contribution is 2.05. The van der Waals surface area contributed by atoms with Crippen molar-refractivity contribution in [2.45, 2.75) is 25.4 Å². The van der Waals surface area contributed by atoms with Crippen LogP contribution in [0.5, 0.6) is 0 Å². The lowest BCUT2D eigenvalue weighted by molar-refractivity contribution is -0.389. The predicted molar refractivity (Wildman–Crippen MR) is 62.9 cm³/mol. The van der Waals surface area contributed by atoms with Gasteiger partial charge in [-0.05, 0) is 24.3 Å². The number of amides is 1. The zero-order chi connectivity index (χ0) is 13.0. The molecule has 0 saturated carbocycles. The van der Waals surface area contributed by atoms with Gasteiger partial charge in [-0.1, -0.05) is 0 Å². The highest BCUT2D eigenvalue weighted by molar-refractivity contribution is 5.76. The molecule has 1 aliphatic rings. The van der Waals surface area contributed by atoms with Gasteiger partial charge >= 0.3 is 5.82 Å². The molecule has 1 aromatic rings. The standard InChI is InChI=1S/C10H15N5O3/c16-10(12-8-2-1-4-11-6-8)7-14-5-3-9(13-14)15(17)18/h3,5,8,11H,1-2,4,6-7H2,(H,12,16). The highest BCUT2D eigenvalue weighted by atomic mass is 16.6. The van der Waals surface area contributed by atoms with E-state index in [0.29, 0.717) is 0 Å². The summed E-state index contributed by atoms with van der Waals surface area (Å²) in [5, 5.41) is 20.2. The number of hydrogen-bond donors (Lipinski definition) is 2. The number of carbonyl (C=O) groups excluding carboxylic acids is 1. The first-order valence-electron chi connectivity index (χ1n) is 5.83. The van der Waals surface area contributed by atoms with E-state index in [1.165, 1.54) is 16.9 Å². The minimum absolute atomic E-state index is 0.00431. The van der Waals surface area contributed by atoms with Crippen molar-refractivity contribution in [2.75, 3.05) is 13.1 Å². The van der Waals surface area contributed by atoms with Crippen molar-refractivity contribution in [3.05, 3.63) is 22.4 Å². The topological polar surface area (TPSA) is 102 Å². The molecule has 1 atom stereocenters. The van der Waals surface area contributed by atoms with Crippen molar-refractivity contribution < 1.29 is 9.72 Å². The van der Waals surface area contributed by atoms with Gasteiger partial charge in [-0.3, -0.25) is 4.79 Å². The van der Waals surface area contributed by atoms with Gasteiger partial charge in [0, 0.05) is 12.6 Å². The van der Waals surface area contributed by atoms with Crippen LogP contribution in [-0.2, 0) is 11.3 Å². The van der Waals surface area contributed by atoms with Crippen molar-refractivity contribution in [2.24, 2.45) is 0 Å². The van der Waals surface area contributed by atoms with Gasteiger partial charge < -0.3 is 20.7 Å². The van der Waals surface area contributed by atoms with Crippen LogP contribution in [0.2, 0.25) is 0 Å². The zero-order valence-corrected chi connectivity index (χ0v) is 9.83. The molecule has 1 unspecified atom stereocenters. The Labute approximate surface area is 104 Å². The van der Waals surface area contributed by atoms with Crippen LogP contribution in [0.3, 0.4) is 0 Å². The average molecular weight is 253 g/mol. The summed E-state index contributed by atoms with van der Waals surface area (Å²) in [5.41, 5.74) is 0. The third-order valence-corrected chi connectivity index (χ3v) is 2.78. The zero-order valence-electron chi connectivity index (χ0n) is 9.83. The van der Waals surface area contributed by atoms with Gasteiger partial charge in [0.2, 0.25) is 5.91 Å². The number of nitrogens with one attached hydrogen (secondary N) is 2. The Hall–Kier alpha value is -1.96. The minimum atomic E-state index is -0.584. The van der Waals surface area contributed by atoms with E-state index >= 15 is 0 Å². The van der Waals surface area contributed by atoms with Gasteiger partial charge in [0.1, 0.15) is 6.54 Å². The second-order valence-electron chi connectivity index (χ2n) is 4.24. The molecule has 0 aromatic carbocycles. The molecule has 1 amide bonds. The van der Waals surface area contributed by atoms with E-state index < -0.39 is 4.92 Å². The SMILES string of the molecule is O=C(Cn1ccc([N+](=O)[O-])n1)NC1CCCNC1. The second kappa shape index (κ2) is 5.58. The van der Waals surface area contributed by atoms with E-state index in [1.807, 2.05) is 0 Å². The Morgan fingerprint density at radius 3 is 3.17 bits per heavy atom. The fourth-order valence-electron chi connectivity index (χ4n) is 1.93. The normalized spacial score (nSPS) is 19.4. The molecular formula is C10H15N5O3. The van der Waals surface area contributed by atoms with E-state index in [9.17, 15) is 14.9 Å². The molecule has 8 heteroatoms. The molecular weight excluding hydrogens is 238 g/mol. The van der Waals surface area contributed by atoms with E-state index in [1.54, 1.807) is 0 Å². The molecule has 8 nitrogen and oxygen atoms in total. The van der Waals surface area contributed by atoms with Crippen LogP contribution in [0.4, 0.5) is 5.82 Å². The summed E-state index contributed by atoms with van der Waals surface area (Å²) < 4.78 is 1.27. The maximum Gasteiger partial charge on any atom is 0.389 e. The van der Waals surface area contributed by atoms with E-state index in [2.05, 4.69) is 15.7 Å². The van der Waals surface area contributed by atoms with Gasteiger partial charge in [-0.15, -0.1) is 0 Å². The molecule has 1 fully saturated rings. The Morgan fingerprint density at radius 2 is 2.56 bits per heavy atom. The largest absolute Gasteiger partial charge is 0.389 e. The Bertz CT molecular complexity index is 438. The minimum Gasteiger partial charge on any atom is -0.358 e. The lowest BCUT2D eigenvalue weighted by Gasteiger charge is -2.23. The fraction of sp³-hybridized carbons (Fsp3) is 0.600. The molecule has 2 rings (SSSR count). The molecule has 18 heavy (non-hydrogen) atoms. The summed E-state index contributed by atoms with van der Waals surface area (Å²) in [6.45, 7) is 1.76. The van der Waals surface area contributed by atoms with Crippen molar-refractivity contribution in [1.82, 2.24) is 20.4 Å². The number of nitro groups is 1. The highest BCUT2D eigenvalue weighted by Gasteiger charge is 2.17. The summed E-state index contributed by atoms with van der Waals surface area (Å²) >= 11 is 0. The molecule has 2 N–H and O–H groups in total. The smallest absolute Gasteiger partial charge is 0.358 e. The molecule has 0 radical (unpaired) electrons. The van der Waals surface area contributed by atoms with E-state index in [-0.39, 0.29) is 24.3 Å². The van der Waals surface area contributed by atoms with Gasteiger partial charge in [-0.25, -0.2) is 0 Å². The van der Waals surface area contributed by atoms with Crippen LogP contribution in [0.1, 0.15) is 12.8 Å². The molecule has 2 heterocycles. The Balaban J connectivity index is 1.84. The predicted octanol–water partition coefficient (Wildman–Crippen LogP) is -0.341. The van der Waals surface area contributed by atoms with E-state index in [0.717, 1.165) is 25.9 Å². The van der Waals surface area contributed by atoms with Gasteiger partial charge in [0.05, 0.1) is 17.4 Å². The van der Waals surface area contributed by atoms with E-state index in [4.69, 9.17) is 0 Å². The van der Waals surface area contributed by atoms with Crippen LogP contribution in [0.15, 0.2) is 12.3 Å². The molecule has 1 aromatic heterocycles. The van der Waals surface area contributed by atoms with Gasteiger partial charge in [-0.2, -0.15) is 4.68 Å².